The molecular weight excluding hydrogens is 605 g/mol. The van der Waals surface area contributed by atoms with Crippen LogP contribution in [0.2, 0.25) is 5.15 Å². The molecule has 3 saturated heterocycles. The monoisotopic (exact) mass is 627 g/mol. The lowest BCUT2D eigenvalue weighted by molar-refractivity contribution is -0.178. The molecule has 0 aromatic carbocycles. The molecule has 0 aliphatic carbocycles. The zero-order valence-electron chi connectivity index (χ0n) is 21.2. The minimum Gasteiger partial charge on any atom is -0.388 e. The Labute approximate surface area is 238 Å². The number of nitrogens with zero attached hydrogens (tertiary/aromatic N) is 7. The number of phosphoric acid groups is 1. The Morgan fingerprint density at radius 2 is 1.81 bits per heavy atom. The third kappa shape index (κ3) is 4.58. The van der Waals surface area contributed by atoms with Crippen LogP contribution in [0.25, 0.3) is 22.3 Å². The summed E-state index contributed by atoms with van der Waals surface area (Å²) in [6.07, 6.45) is -4.80. The average Bonchev–Trinajstić information content (AvgIpc) is 3.69. The van der Waals surface area contributed by atoms with Crippen molar-refractivity contribution in [3.05, 3.63) is 34.5 Å². The molecule has 9 atom stereocenters. The maximum Gasteiger partial charge on any atom is 0.472 e. The van der Waals surface area contributed by atoms with E-state index in [0.29, 0.717) is 11.2 Å². The lowest BCUT2D eigenvalue weighted by Gasteiger charge is -2.26. The van der Waals surface area contributed by atoms with Gasteiger partial charge in [-0.25, -0.2) is 24.5 Å². The van der Waals surface area contributed by atoms with Crippen molar-refractivity contribution >= 4 is 47.7 Å². The second kappa shape index (κ2) is 10.3. The van der Waals surface area contributed by atoms with Crippen LogP contribution in [-0.2, 0) is 27.8 Å². The number of fused-ring (bicyclic) bond motifs is 5. The molecule has 224 valence electrons. The standard InChI is InChI=1S/C21H23ClN9O10P/c22-14-9-15(25-4-24-14)30(5-26-9)18-11(32)7-1-2-37-20-12(33)13(41-42(35,36)38-3-8(7)39-18)19(40-20)31-6-27-10-16(31)28-21(23)29-17(10)34/h4-8,11-13,18-20,32-33H,1-3H2,(H,35,36)(H3,23,28,29,34)/t7-,8-,11-,12+,13-,18-,19-,20?/m1/s1. The molecule has 7 heterocycles. The number of imidazole rings is 2. The number of hydrogen-bond acceptors (Lipinski definition) is 15. The molecule has 3 fully saturated rings. The third-order valence-electron chi connectivity index (χ3n) is 7.40. The van der Waals surface area contributed by atoms with Gasteiger partial charge in [0.05, 0.1) is 32.0 Å². The van der Waals surface area contributed by atoms with Crippen LogP contribution in [0.4, 0.5) is 5.95 Å². The fraction of sp³-hybridized carbons (Fsp3) is 0.524. The van der Waals surface area contributed by atoms with Gasteiger partial charge in [0.2, 0.25) is 5.95 Å². The molecular formula is C21H23ClN9O10P. The summed E-state index contributed by atoms with van der Waals surface area (Å²) in [5.74, 6) is -0.867. The molecule has 3 aliphatic rings. The first-order valence-corrected chi connectivity index (χ1v) is 14.5. The zero-order chi connectivity index (χ0) is 29.3. The number of phosphoric ester groups is 1. The quantitative estimate of drug-likeness (QED) is 0.135. The number of aliphatic hydroxyl groups excluding tert-OH is 2. The van der Waals surface area contributed by atoms with Crippen molar-refractivity contribution in [2.75, 3.05) is 18.9 Å². The van der Waals surface area contributed by atoms with Gasteiger partial charge in [-0.3, -0.25) is 28.0 Å². The number of rotatable bonds is 2. The third-order valence-corrected chi connectivity index (χ3v) is 8.66. The molecule has 6 N–H and O–H groups in total. The van der Waals surface area contributed by atoms with Crippen LogP contribution >= 0.6 is 19.4 Å². The van der Waals surface area contributed by atoms with E-state index < -0.39 is 69.1 Å². The number of anilines is 1. The molecule has 0 amide bonds. The summed E-state index contributed by atoms with van der Waals surface area (Å²) in [4.78, 5) is 45.5. The van der Waals surface area contributed by atoms with E-state index in [4.69, 9.17) is 40.6 Å². The van der Waals surface area contributed by atoms with Gasteiger partial charge in [-0.15, -0.1) is 0 Å². The van der Waals surface area contributed by atoms with Crippen LogP contribution in [-0.4, -0.2) is 98.1 Å². The lowest BCUT2D eigenvalue weighted by Crippen LogP contribution is -2.37. The first-order valence-electron chi connectivity index (χ1n) is 12.6. The molecule has 21 heteroatoms. The number of nitrogens with two attached hydrogens (primary N) is 1. The molecule has 2 unspecified atom stereocenters. The second-order valence-electron chi connectivity index (χ2n) is 9.86. The van der Waals surface area contributed by atoms with Crippen molar-refractivity contribution in [2.24, 2.45) is 5.92 Å². The zero-order valence-corrected chi connectivity index (χ0v) is 22.9. The Hall–Kier alpha value is -3.10. The van der Waals surface area contributed by atoms with E-state index in [1.54, 1.807) is 0 Å². The molecule has 0 radical (unpaired) electrons. The molecule has 0 saturated carbocycles. The lowest BCUT2D eigenvalue weighted by atomic mass is 9.95. The minimum atomic E-state index is -4.90. The number of halogens is 1. The van der Waals surface area contributed by atoms with E-state index in [0.717, 1.165) is 0 Å². The molecule has 2 bridgehead atoms. The summed E-state index contributed by atoms with van der Waals surface area (Å²) in [5, 5.41) is 22.4. The van der Waals surface area contributed by atoms with Crippen molar-refractivity contribution in [1.82, 2.24) is 39.0 Å². The molecule has 4 aromatic rings. The smallest absolute Gasteiger partial charge is 0.388 e. The highest BCUT2D eigenvalue weighted by molar-refractivity contribution is 7.47. The molecule has 19 nitrogen and oxygen atoms in total. The number of aromatic nitrogens is 8. The Kier molecular flexibility index (Phi) is 6.77. The number of hydrogen-bond donors (Lipinski definition) is 5. The summed E-state index contributed by atoms with van der Waals surface area (Å²) >= 11 is 6.10. The van der Waals surface area contributed by atoms with Crippen molar-refractivity contribution in [3.63, 3.8) is 0 Å². The van der Waals surface area contributed by atoms with E-state index in [2.05, 4.69) is 29.9 Å². The van der Waals surface area contributed by atoms with Crippen molar-refractivity contribution in [3.8, 4) is 0 Å². The van der Waals surface area contributed by atoms with Crippen LogP contribution in [0.3, 0.4) is 0 Å². The summed E-state index contributed by atoms with van der Waals surface area (Å²) in [6, 6.07) is 0. The van der Waals surface area contributed by atoms with Gasteiger partial charge in [-0.05, 0) is 6.42 Å². The predicted octanol–water partition coefficient (Wildman–Crippen LogP) is -0.792. The summed E-state index contributed by atoms with van der Waals surface area (Å²) in [5.41, 5.74) is 5.57. The largest absolute Gasteiger partial charge is 0.472 e. The van der Waals surface area contributed by atoms with Gasteiger partial charge in [0.15, 0.2) is 40.7 Å². The van der Waals surface area contributed by atoms with Crippen LogP contribution in [0.5, 0.6) is 0 Å². The fourth-order valence-electron chi connectivity index (χ4n) is 5.45. The topological polar surface area (TPSA) is 257 Å². The number of aromatic amines is 1. The highest BCUT2D eigenvalue weighted by Gasteiger charge is 2.52. The molecule has 3 aliphatic heterocycles. The number of ether oxygens (including phenoxy) is 3. The summed E-state index contributed by atoms with van der Waals surface area (Å²) < 4.78 is 44.2. The highest BCUT2D eigenvalue weighted by Crippen LogP contribution is 2.51. The molecule has 0 spiro atoms. The summed E-state index contributed by atoms with van der Waals surface area (Å²) in [6.45, 7) is -0.492. The van der Waals surface area contributed by atoms with Gasteiger partial charge in [0, 0.05) is 5.92 Å². The fourth-order valence-corrected chi connectivity index (χ4v) is 6.56. The number of aliphatic hydroxyl groups is 2. The van der Waals surface area contributed by atoms with Crippen LogP contribution < -0.4 is 11.3 Å². The van der Waals surface area contributed by atoms with E-state index in [9.17, 15) is 24.5 Å². The predicted molar refractivity (Wildman–Crippen MR) is 137 cm³/mol. The maximum atomic E-state index is 13.1. The van der Waals surface area contributed by atoms with E-state index >= 15 is 0 Å². The van der Waals surface area contributed by atoms with Gasteiger partial charge >= 0.3 is 7.82 Å². The summed E-state index contributed by atoms with van der Waals surface area (Å²) in [7, 11) is -4.90. The first-order chi connectivity index (χ1) is 20.1. The molecule has 42 heavy (non-hydrogen) atoms. The van der Waals surface area contributed by atoms with Gasteiger partial charge in [0.25, 0.3) is 5.56 Å². The van der Waals surface area contributed by atoms with Crippen molar-refractivity contribution in [1.29, 1.82) is 0 Å². The molecule has 7 rings (SSSR count). The maximum absolute atomic E-state index is 13.1. The Bertz CT molecular complexity index is 1770. The van der Waals surface area contributed by atoms with Crippen LogP contribution in [0.1, 0.15) is 18.9 Å². The number of nitrogen functional groups attached to an aromatic ring is 1. The first kappa shape index (κ1) is 27.7. The van der Waals surface area contributed by atoms with Crippen molar-refractivity contribution < 1.29 is 42.9 Å². The highest BCUT2D eigenvalue weighted by atomic mass is 35.5. The Balaban J connectivity index is 1.17. The van der Waals surface area contributed by atoms with Crippen LogP contribution in [0, 0.1) is 5.92 Å². The number of H-pyrrole nitrogens is 1. The van der Waals surface area contributed by atoms with Crippen molar-refractivity contribution in [2.45, 2.75) is 49.6 Å². The Morgan fingerprint density at radius 3 is 2.62 bits per heavy atom. The van der Waals surface area contributed by atoms with Gasteiger partial charge < -0.3 is 35.1 Å². The van der Waals surface area contributed by atoms with Gasteiger partial charge in [0.1, 0.15) is 30.2 Å². The Morgan fingerprint density at radius 1 is 1.05 bits per heavy atom. The van der Waals surface area contributed by atoms with E-state index in [1.165, 1.54) is 28.1 Å². The second-order valence-corrected chi connectivity index (χ2v) is 11.6. The van der Waals surface area contributed by atoms with Gasteiger partial charge in [-0.1, -0.05) is 11.6 Å². The number of nitrogens with one attached hydrogen (secondary N) is 1. The SMILES string of the molecule is Nc1nc2c(ncn2[C@@H]2OC3OCC[C@H]4[C@@H](O)[C@H](n5cnc6c(Cl)ncnc65)O[C@@H]4COP(=O)(O)O[C@@H]2[C@@H]3O)c(=O)[nH]1. The minimum absolute atomic E-state index is 0.0172. The van der Waals surface area contributed by atoms with Crippen LogP contribution in [0.15, 0.2) is 23.8 Å². The van der Waals surface area contributed by atoms with E-state index in [-0.39, 0.29) is 35.3 Å². The van der Waals surface area contributed by atoms with Gasteiger partial charge in [-0.2, -0.15) is 4.98 Å². The molecule has 4 aromatic heterocycles. The average molecular weight is 628 g/mol. The van der Waals surface area contributed by atoms with E-state index in [1.807, 2.05) is 0 Å². The normalized spacial score (nSPS) is 35.7.